The van der Waals surface area contributed by atoms with Crippen LogP contribution in [0.1, 0.15) is 15.9 Å². The summed E-state index contributed by atoms with van der Waals surface area (Å²) in [6.07, 6.45) is 0. The van der Waals surface area contributed by atoms with Gasteiger partial charge in [-0.3, -0.25) is 4.79 Å². The Morgan fingerprint density at radius 3 is 2.92 bits per heavy atom. The molecule has 60 valence electrons. The number of hydrogen-bond donors (Lipinski definition) is 0. The van der Waals surface area contributed by atoms with Crippen LogP contribution < -0.4 is 0 Å². The van der Waals surface area contributed by atoms with E-state index in [9.17, 15) is 4.79 Å². The van der Waals surface area contributed by atoms with Gasteiger partial charge in [0.05, 0.1) is 17.5 Å². The minimum Gasteiger partial charge on any atom is -0.293 e. The SMILES string of the molecule is N#Cc1cccc(C(=O)CCl)c1. The van der Waals surface area contributed by atoms with E-state index >= 15 is 0 Å². The van der Waals surface area contributed by atoms with Crippen LogP contribution in [0.2, 0.25) is 0 Å². The van der Waals surface area contributed by atoms with E-state index in [1.54, 1.807) is 18.2 Å². The van der Waals surface area contributed by atoms with Gasteiger partial charge in [0, 0.05) is 5.56 Å². The summed E-state index contributed by atoms with van der Waals surface area (Å²) in [5.74, 6) is -0.205. The normalized spacial score (nSPS) is 9.00. The van der Waals surface area contributed by atoms with Crippen LogP contribution >= 0.6 is 11.6 Å². The van der Waals surface area contributed by atoms with Crippen molar-refractivity contribution in [1.82, 2.24) is 0 Å². The van der Waals surface area contributed by atoms with Gasteiger partial charge in [-0.15, -0.1) is 11.6 Å². The molecule has 0 unspecified atom stereocenters. The second kappa shape index (κ2) is 3.89. The summed E-state index contributed by atoms with van der Waals surface area (Å²) in [6.45, 7) is 0. The lowest BCUT2D eigenvalue weighted by Crippen LogP contribution is -1.99. The van der Waals surface area contributed by atoms with Gasteiger partial charge in [0.1, 0.15) is 0 Å². The topological polar surface area (TPSA) is 40.9 Å². The third-order valence-electron chi connectivity index (χ3n) is 1.44. The van der Waals surface area contributed by atoms with Crippen LogP contribution in [0.15, 0.2) is 24.3 Å². The number of Topliss-reactive ketones (excluding diaryl/α,β-unsaturated/α-hetero) is 1. The number of hydrogen-bond acceptors (Lipinski definition) is 2. The molecular weight excluding hydrogens is 174 g/mol. The molecule has 0 radical (unpaired) electrons. The lowest BCUT2D eigenvalue weighted by Gasteiger charge is -1.95. The summed E-state index contributed by atoms with van der Waals surface area (Å²) in [5.41, 5.74) is 0.968. The minimum atomic E-state index is -0.159. The van der Waals surface area contributed by atoms with E-state index in [4.69, 9.17) is 16.9 Å². The van der Waals surface area contributed by atoms with Crippen molar-refractivity contribution in [3.05, 3.63) is 35.4 Å². The van der Waals surface area contributed by atoms with E-state index < -0.39 is 0 Å². The molecule has 0 atom stereocenters. The highest BCUT2D eigenvalue weighted by Gasteiger charge is 2.03. The highest BCUT2D eigenvalue weighted by molar-refractivity contribution is 6.30. The van der Waals surface area contributed by atoms with Gasteiger partial charge >= 0.3 is 0 Å². The minimum absolute atomic E-state index is 0.0467. The molecule has 0 aliphatic rings. The highest BCUT2D eigenvalue weighted by atomic mass is 35.5. The monoisotopic (exact) mass is 179 g/mol. The first-order chi connectivity index (χ1) is 5.77. The van der Waals surface area contributed by atoms with Gasteiger partial charge in [-0.1, -0.05) is 12.1 Å². The van der Waals surface area contributed by atoms with Gasteiger partial charge in [-0.2, -0.15) is 5.26 Å². The quantitative estimate of drug-likeness (QED) is 0.515. The van der Waals surface area contributed by atoms with Crippen molar-refractivity contribution in [2.45, 2.75) is 0 Å². The average Bonchev–Trinajstić information content (AvgIpc) is 2.17. The molecule has 1 aromatic carbocycles. The molecule has 0 heterocycles. The fourth-order valence-electron chi connectivity index (χ4n) is 0.839. The number of nitriles is 1. The first-order valence-electron chi connectivity index (χ1n) is 3.37. The van der Waals surface area contributed by atoms with Gasteiger partial charge in [-0.05, 0) is 12.1 Å². The van der Waals surface area contributed by atoms with Gasteiger partial charge in [0.25, 0.3) is 0 Å². The first kappa shape index (κ1) is 8.76. The summed E-state index contributed by atoms with van der Waals surface area (Å²) < 4.78 is 0. The molecule has 0 N–H and O–H groups in total. The lowest BCUT2D eigenvalue weighted by atomic mass is 10.1. The fourth-order valence-corrected chi connectivity index (χ4v) is 0.994. The number of carbonyl (C=O) groups excluding carboxylic acids is 1. The Bertz CT molecular complexity index is 341. The van der Waals surface area contributed by atoms with Crippen LogP contribution in [0.25, 0.3) is 0 Å². The maximum Gasteiger partial charge on any atom is 0.177 e. The Labute approximate surface area is 75.4 Å². The molecule has 0 spiro atoms. The Kier molecular flexibility index (Phi) is 2.84. The number of rotatable bonds is 2. The molecule has 1 aromatic rings. The molecule has 1 rings (SSSR count). The Hall–Kier alpha value is -1.33. The summed E-state index contributed by atoms with van der Waals surface area (Å²) in [4.78, 5) is 11.0. The van der Waals surface area contributed by atoms with Gasteiger partial charge < -0.3 is 0 Å². The summed E-state index contributed by atoms with van der Waals surface area (Å²) in [5, 5.41) is 8.52. The van der Waals surface area contributed by atoms with Crippen LogP contribution in [-0.4, -0.2) is 11.7 Å². The number of benzene rings is 1. The molecule has 12 heavy (non-hydrogen) atoms. The van der Waals surface area contributed by atoms with Crippen molar-refractivity contribution in [2.75, 3.05) is 5.88 Å². The van der Waals surface area contributed by atoms with Gasteiger partial charge in [0.15, 0.2) is 5.78 Å². The lowest BCUT2D eigenvalue weighted by molar-refractivity contribution is 0.102. The van der Waals surface area contributed by atoms with Crippen molar-refractivity contribution in [1.29, 1.82) is 5.26 Å². The van der Waals surface area contributed by atoms with Crippen LogP contribution in [0.3, 0.4) is 0 Å². The number of carbonyl (C=O) groups is 1. The molecular formula is C9H6ClNO. The molecule has 0 saturated heterocycles. The molecule has 0 aliphatic heterocycles. The molecule has 0 aliphatic carbocycles. The van der Waals surface area contributed by atoms with Gasteiger partial charge in [0.2, 0.25) is 0 Å². The molecule has 0 fully saturated rings. The van der Waals surface area contributed by atoms with Crippen LogP contribution in [0.4, 0.5) is 0 Å². The van der Waals surface area contributed by atoms with E-state index in [0.717, 1.165) is 0 Å². The Morgan fingerprint density at radius 2 is 2.33 bits per heavy atom. The fraction of sp³-hybridized carbons (Fsp3) is 0.111. The van der Waals surface area contributed by atoms with Crippen LogP contribution in [0, 0.1) is 11.3 Å². The second-order valence-corrected chi connectivity index (χ2v) is 2.52. The van der Waals surface area contributed by atoms with Crippen molar-refractivity contribution in [2.24, 2.45) is 0 Å². The van der Waals surface area contributed by atoms with E-state index in [0.29, 0.717) is 11.1 Å². The third kappa shape index (κ3) is 1.84. The number of halogens is 1. The zero-order valence-corrected chi connectivity index (χ0v) is 7.01. The van der Waals surface area contributed by atoms with E-state index in [2.05, 4.69) is 0 Å². The summed E-state index contributed by atoms with van der Waals surface area (Å²) >= 11 is 5.35. The zero-order chi connectivity index (χ0) is 8.97. The molecule has 0 saturated carbocycles. The van der Waals surface area contributed by atoms with Crippen molar-refractivity contribution >= 4 is 17.4 Å². The first-order valence-corrected chi connectivity index (χ1v) is 3.90. The predicted molar refractivity (Wildman–Crippen MR) is 46.2 cm³/mol. The van der Waals surface area contributed by atoms with Crippen molar-refractivity contribution in [3.8, 4) is 6.07 Å². The summed E-state index contributed by atoms with van der Waals surface area (Å²) in [6, 6.07) is 8.44. The van der Waals surface area contributed by atoms with Crippen molar-refractivity contribution in [3.63, 3.8) is 0 Å². The van der Waals surface area contributed by atoms with Gasteiger partial charge in [-0.25, -0.2) is 0 Å². The standard InChI is InChI=1S/C9H6ClNO/c10-5-9(12)8-3-1-2-7(4-8)6-11/h1-4H,5H2. The van der Waals surface area contributed by atoms with Crippen LogP contribution in [0.5, 0.6) is 0 Å². The Morgan fingerprint density at radius 1 is 1.58 bits per heavy atom. The number of nitrogens with zero attached hydrogens (tertiary/aromatic N) is 1. The highest BCUT2D eigenvalue weighted by Crippen LogP contribution is 2.05. The molecule has 0 bridgehead atoms. The maximum absolute atomic E-state index is 11.0. The largest absolute Gasteiger partial charge is 0.293 e. The second-order valence-electron chi connectivity index (χ2n) is 2.25. The van der Waals surface area contributed by atoms with E-state index in [1.807, 2.05) is 6.07 Å². The molecule has 0 aromatic heterocycles. The number of alkyl halides is 1. The van der Waals surface area contributed by atoms with Crippen LogP contribution in [-0.2, 0) is 0 Å². The number of ketones is 1. The maximum atomic E-state index is 11.0. The predicted octanol–water partition coefficient (Wildman–Crippen LogP) is 1.98. The Balaban J connectivity index is 3.04. The smallest absolute Gasteiger partial charge is 0.177 e. The average molecular weight is 180 g/mol. The van der Waals surface area contributed by atoms with Crippen molar-refractivity contribution < 1.29 is 4.79 Å². The third-order valence-corrected chi connectivity index (χ3v) is 1.68. The zero-order valence-electron chi connectivity index (χ0n) is 6.25. The molecule has 0 amide bonds. The molecule has 2 nitrogen and oxygen atoms in total. The van der Waals surface area contributed by atoms with E-state index in [-0.39, 0.29) is 11.7 Å². The van der Waals surface area contributed by atoms with E-state index in [1.165, 1.54) is 6.07 Å². The molecule has 3 heteroatoms. The summed E-state index contributed by atoms with van der Waals surface area (Å²) in [7, 11) is 0.